The van der Waals surface area contributed by atoms with Crippen molar-refractivity contribution in [3.05, 3.63) is 34.9 Å². The second-order valence-corrected chi connectivity index (χ2v) is 16.5. The van der Waals surface area contributed by atoms with Crippen LogP contribution in [0.3, 0.4) is 0 Å². The van der Waals surface area contributed by atoms with Crippen molar-refractivity contribution >= 4 is 8.32 Å². The molecule has 2 atom stereocenters. The van der Waals surface area contributed by atoms with Gasteiger partial charge in [0.25, 0.3) is 8.32 Å². The number of hydrogen-bond donors (Lipinski definition) is 0. The molecule has 3 rings (SSSR count). The quantitative estimate of drug-likeness (QED) is 0.132. The van der Waals surface area contributed by atoms with Crippen molar-refractivity contribution in [3.8, 4) is 11.5 Å². The van der Waals surface area contributed by atoms with Crippen LogP contribution in [0.1, 0.15) is 136 Å². The first-order valence-corrected chi connectivity index (χ1v) is 18.0. The highest BCUT2D eigenvalue weighted by Gasteiger charge is 2.46. The first-order valence-electron chi connectivity index (χ1n) is 15.5. The Labute approximate surface area is 224 Å². The minimum Gasteiger partial charge on any atom is -0.543 e. The smallest absolute Gasteiger partial charge is 0.251 e. The van der Waals surface area contributed by atoms with Crippen LogP contribution in [0.4, 0.5) is 0 Å². The van der Waals surface area contributed by atoms with E-state index in [1.165, 1.54) is 111 Å². The molecule has 1 aliphatic carbocycles. The zero-order valence-corrected chi connectivity index (χ0v) is 25.8. The van der Waals surface area contributed by atoms with Crippen molar-refractivity contribution < 1.29 is 9.16 Å². The highest BCUT2D eigenvalue weighted by molar-refractivity contribution is 6.74. The van der Waals surface area contributed by atoms with Crippen LogP contribution in [0.25, 0.3) is 0 Å². The molecule has 0 amide bonds. The largest absolute Gasteiger partial charge is 0.543 e. The summed E-state index contributed by atoms with van der Waals surface area (Å²) in [7, 11) is -1.91. The van der Waals surface area contributed by atoms with Gasteiger partial charge in [0.1, 0.15) is 17.1 Å². The molecule has 0 saturated heterocycles. The summed E-state index contributed by atoms with van der Waals surface area (Å²) in [6.45, 7) is 16.3. The number of allylic oxidation sites excluding steroid dienone is 2. The lowest BCUT2D eigenvalue weighted by Crippen LogP contribution is -2.46. The first-order chi connectivity index (χ1) is 17.3. The minimum absolute atomic E-state index is 0.144. The Kier molecular flexibility index (Phi) is 11.0. The third-order valence-corrected chi connectivity index (χ3v) is 13.3. The molecule has 0 N–H and O–H groups in total. The summed E-state index contributed by atoms with van der Waals surface area (Å²) in [5, 5.41) is 0. The lowest BCUT2D eigenvalue weighted by atomic mass is 9.68. The Morgan fingerprint density at radius 1 is 0.889 bits per heavy atom. The fourth-order valence-corrected chi connectivity index (χ4v) is 11.3. The van der Waals surface area contributed by atoms with Gasteiger partial charge >= 0.3 is 0 Å². The molecule has 0 bridgehead atoms. The zero-order chi connectivity index (χ0) is 26.2. The predicted molar refractivity (Wildman–Crippen MR) is 159 cm³/mol. The number of fused-ring (bicyclic) bond motifs is 3. The molecule has 1 heterocycles. The predicted octanol–water partition coefficient (Wildman–Crippen LogP) is 10.8. The third kappa shape index (κ3) is 7.20. The molecule has 36 heavy (non-hydrogen) atoms. The summed E-state index contributed by atoms with van der Waals surface area (Å²) in [5.74, 6) is 3.23. The molecule has 0 unspecified atom stereocenters. The van der Waals surface area contributed by atoms with Crippen molar-refractivity contribution in [2.24, 2.45) is 5.92 Å². The summed E-state index contributed by atoms with van der Waals surface area (Å²) in [5.41, 5.74) is 4.17. The number of aryl methyl sites for hydroxylation is 1. The van der Waals surface area contributed by atoms with E-state index in [9.17, 15) is 0 Å². The van der Waals surface area contributed by atoms with Crippen LogP contribution >= 0.6 is 0 Å². The van der Waals surface area contributed by atoms with Crippen LogP contribution in [0.15, 0.2) is 23.8 Å². The minimum atomic E-state index is -1.91. The molecule has 2 nitrogen and oxygen atoms in total. The highest BCUT2D eigenvalue weighted by atomic mass is 28.4. The van der Waals surface area contributed by atoms with E-state index in [1.807, 2.05) is 0 Å². The molecule has 0 fully saturated rings. The van der Waals surface area contributed by atoms with Gasteiger partial charge in [-0.3, -0.25) is 0 Å². The van der Waals surface area contributed by atoms with Gasteiger partial charge in [0.15, 0.2) is 0 Å². The van der Waals surface area contributed by atoms with Crippen LogP contribution in [0.2, 0.25) is 18.1 Å². The van der Waals surface area contributed by atoms with Gasteiger partial charge in [0.05, 0.1) is 0 Å². The van der Waals surface area contributed by atoms with E-state index < -0.39 is 8.32 Å². The van der Waals surface area contributed by atoms with E-state index in [0.29, 0.717) is 11.8 Å². The van der Waals surface area contributed by atoms with Crippen LogP contribution in [-0.4, -0.2) is 13.9 Å². The maximum atomic E-state index is 7.54. The van der Waals surface area contributed by atoms with Crippen LogP contribution < -0.4 is 9.16 Å². The summed E-state index contributed by atoms with van der Waals surface area (Å²) in [6, 6.07) is 8.73. The van der Waals surface area contributed by atoms with Crippen molar-refractivity contribution in [2.75, 3.05) is 0 Å². The molecule has 0 spiro atoms. The van der Waals surface area contributed by atoms with Crippen LogP contribution in [0.5, 0.6) is 11.5 Å². The van der Waals surface area contributed by atoms with Gasteiger partial charge in [0, 0.05) is 17.4 Å². The van der Waals surface area contributed by atoms with Gasteiger partial charge in [0.2, 0.25) is 0 Å². The Morgan fingerprint density at radius 2 is 1.50 bits per heavy atom. The molecule has 1 aromatic carbocycles. The standard InChI is InChI=1S/C33H56O2Si/c1-8-12-16-17-27-24-30-32(28-23-26(5)18-19-29(28)33(6,7)34-30)31(25-27)35-36(20-13-9-2,21-14-10-3)22-15-11-4/h23-25,28-29H,8-22H2,1-7H3/t28-,29-/m0/s1. The van der Waals surface area contributed by atoms with E-state index in [1.54, 1.807) is 0 Å². The lowest BCUT2D eigenvalue weighted by Gasteiger charge is -2.47. The Bertz CT molecular complexity index is 834. The highest BCUT2D eigenvalue weighted by Crippen LogP contribution is 2.54. The van der Waals surface area contributed by atoms with Gasteiger partial charge in [-0.15, -0.1) is 0 Å². The normalized spacial score (nSPS) is 20.8. The zero-order valence-electron chi connectivity index (χ0n) is 24.8. The third-order valence-electron chi connectivity index (χ3n) is 8.86. The number of unbranched alkanes of at least 4 members (excludes halogenated alkanes) is 5. The summed E-state index contributed by atoms with van der Waals surface area (Å²) in [6.07, 6.45) is 17.5. The molecule has 1 aliphatic heterocycles. The fraction of sp³-hybridized carbons (Fsp3) is 0.758. The maximum absolute atomic E-state index is 7.54. The van der Waals surface area contributed by atoms with E-state index in [-0.39, 0.29) is 5.60 Å². The van der Waals surface area contributed by atoms with Crippen molar-refractivity contribution in [3.63, 3.8) is 0 Å². The van der Waals surface area contributed by atoms with E-state index in [4.69, 9.17) is 9.16 Å². The summed E-state index contributed by atoms with van der Waals surface area (Å²) in [4.78, 5) is 0. The van der Waals surface area contributed by atoms with Gasteiger partial charge < -0.3 is 9.16 Å². The maximum Gasteiger partial charge on any atom is 0.251 e. The van der Waals surface area contributed by atoms with E-state index in [0.717, 1.165) is 12.2 Å². The number of ether oxygens (including phenoxy) is 1. The average molecular weight is 513 g/mol. The molecule has 204 valence electrons. The summed E-state index contributed by atoms with van der Waals surface area (Å²) >= 11 is 0. The SMILES string of the molecule is CCCCCc1cc2c(c(O[Si](CCCC)(CCCC)CCCC)c1)[C@H]1C=C(C)CC[C@@H]1C(C)(C)O2. The van der Waals surface area contributed by atoms with Crippen molar-refractivity contribution in [1.29, 1.82) is 0 Å². The first kappa shape index (κ1) is 29.3. The lowest BCUT2D eigenvalue weighted by molar-refractivity contribution is 0.0110. The van der Waals surface area contributed by atoms with E-state index >= 15 is 0 Å². The average Bonchev–Trinajstić information content (AvgIpc) is 2.84. The van der Waals surface area contributed by atoms with Crippen molar-refractivity contribution in [2.45, 2.75) is 155 Å². The van der Waals surface area contributed by atoms with Crippen molar-refractivity contribution in [1.82, 2.24) is 0 Å². The van der Waals surface area contributed by atoms with E-state index in [2.05, 4.69) is 66.7 Å². The van der Waals surface area contributed by atoms with Gasteiger partial charge in [-0.1, -0.05) is 90.7 Å². The molecular weight excluding hydrogens is 456 g/mol. The summed E-state index contributed by atoms with van der Waals surface area (Å²) < 4.78 is 14.4. The van der Waals surface area contributed by atoms with Gasteiger partial charge in [-0.2, -0.15) is 0 Å². The van der Waals surface area contributed by atoms with Crippen LogP contribution in [0, 0.1) is 5.92 Å². The monoisotopic (exact) mass is 512 g/mol. The Hall–Kier alpha value is -1.22. The van der Waals surface area contributed by atoms with Crippen LogP contribution in [-0.2, 0) is 6.42 Å². The number of hydrogen-bond acceptors (Lipinski definition) is 2. The fourth-order valence-electron chi connectivity index (χ4n) is 6.63. The van der Waals surface area contributed by atoms with Gasteiger partial charge in [-0.25, -0.2) is 0 Å². The molecule has 2 aliphatic rings. The molecule has 1 aromatic rings. The van der Waals surface area contributed by atoms with Gasteiger partial charge in [-0.05, 0) is 82.3 Å². The molecule has 0 radical (unpaired) electrons. The second kappa shape index (κ2) is 13.5. The molecular formula is C33H56O2Si. The number of benzene rings is 1. The topological polar surface area (TPSA) is 18.5 Å². The molecule has 3 heteroatoms. The molecule has 0 aromatic heterocycles. The Balaban J connectivity index is 2.12. The Morgan fingerprint density at radius 3 is 2.08 bits per heavy atom. The molecule has 0 saturated carbocycles. The number of rotatable bonds is 15. The second-order valence-electron chi connectivity index (χ2n) is 12.4.